The number of carbonyl (C=O) groups is 3. The maximum Gasteiger partial charge on any atom is 0.310 e. The van der Waals surface area contributed by atoms with Crippen LogP contribution in [0.4, 0.5) is 0 Å². The number of likely N-dealkylation sites (tertiary alicyclic amines) is 1. The van der Waals surface area contributed by atoms with E-state index in [1.165, 1.54) is 6.42 Å². The van der Waals surface area contributed by atoms with Crippen LogP contribution in [-0.2, 0) is 19.1 Å². The van der Waals surface area contributed by atoms with E-state index < -0.39 is 22.6 Å². The lowest BCUT2D eigenvalue weighted by Gasteiger charge is -2.41. The molecule has 1 N–H and O–H groups in total. The third-order valence-electron chi connectivity index (χ3n) is 8.30. The number of aliphatic hydroxyl groups excluding tert-OH is 1. The molecule has 35 heavy (non-hydrogen) atoms. The molecule has 194 valence electrons. The van der Waals surface area contributed by atoms with Gasteiger partial charge in [-0.2, -0.15) is 0 Å². The Morgan fingerprint density at radius 1 is 1.17 bits per heavy atom. The zero-order chi connectivity index (χ0) is 25.0. The molecule has 8 heteroatoms. The zero-order valence-corrected chi connectivity index (χ0v) is 21.6. The first-order chi connectivity index (χ1) is 17.0. The molecule has 0 aromatic heterocycles. The van der Waals surface area contributed by atoms with Gasteiger partial charge in [-0.05, 0) is 44.9 Å². The molecule has 3 heterocycles. The van der Waals surface area contributed by atoms with Gasteiger partial charge in [0, 0.05) is 31.0 Å². The number of hydrogen-bond donors (Lipinski definition) is 1. The first-order valence-electron chi connectivity index (χ1n) is 13.3. The predicted octanol–water partition coefficient (Wildman–Crippen LogP) is 3.32. The molecule has 3 aliphatic heterocycles. The van der Waals surface area contributed by atoms with Crippen molar-refractivity contribution in [2.24, 2.45) is 11.8 Å². The number of hydrogen-bond acceptors (Lipinski definition) is 6. The summed E-state index contributed by atoms with van der Waals surface area (Å²) in [6.45, 7) is 8.79. The van der Waals surface area contributed by atoms with Crippen molar-refractivity contribution in [2.45, 2.75) is 86.3 Å². The third kappa shape index (κ3) is 4.80. The number of esters is 1. The topological polar surface area (TPSA) is 87.2 Å². The van der Waals surface area contributed by atoms with Crippen molar-refractivity contribution in [1.29, 1.82) is 0 Å². The molecular weight excluding hydrogens is 464 g/mol. The molecule has 7 nitrogen and oxygen atoms in total. The maximum atomic E-state index is 14.3. The van der Waals surface area contributed by atoms with Gasteiger partial charge >= 0.3 is 5.97 Å². The summed E-state index contributed by atoms with van der Waals surface area (Å²) in [6.07, 6.45) is 12.2. The van der Waals surface area contributed by atoms with Gasteiger partial charge in [0.15, 0.2) is 0 Å². The van der Waals surface area contributed by atoms with E-state index in [1.807, 2.05) is 4.90 Å². The Morgan fingerprint density at radius 2 is 1.94 bits per heavy atom. The molecule has 3 saturated heterocycles. The fourth-order valence-corrected chi connectivity index (χ4v) is 8.98. The fraction of sp³-hybridized carbons (Fsp3) is 0.741. The Bertz CT molecular complexity index is 828. The summed E-state index contributed by atoms with van der Waals surface area (Å²) in [6, 6.07) is -0.413. The molecule has 1 spiro atoms. The van der Waals surface area contributed by atoms with Gasteiger partial charge in [0.2, 0.25) is 11.8 Å². The zero-order valence-electron chi connectivity index (χ0n) is 20.7. The molecule has 0 radical (unpaired) electrons. The van der Waals surface area contributed by atoms with Crippen LogP contribution in [0.5, 0.6) is 0 Å². The second kappa shape index (κ2) is 11.5. The number of carbonyl (C=O) groups excluding carboxylic acids is 3. The normalized spacial score (nSPS) is 31.9. The van der Waals surface area contributed by atoms with Crippen LogP contribution in [0.3, 0.4) is 0 Å². The SMILES string of the molecule is C=CCCOC(=O)[C@@H]1[C@@H]2CCC3(S2)C(C(=O)N(CC=C)C2CCCCC2)N(CCCCO)C(=O)[C@H]13. The van der Waals surface area contributed by atoms with E-state index in [9.17, 15) is 19.5 Å². The van der Waals surface area contributed by atoms with Crippen molar-refractivity contribution in [1.82, 2.24) is 9.80 Å². The molecule has 4 aliphatic rings. The summed E-state index contributed by atoms with van der Waals surface area (Å²) in [5.74, 6) is -1.44. The lowest BCUT2D eigenvalue weighted by atomic mass is 9.71. The van der Waals surface area contributed by atoms with Gasteiger partial charge in [0.25, 0.3) is 0 Å². The molecule has 1 aliphatic carbocycles. The average molecular weight is 505 g/mol. The predicted molar refractivity (Wildman–Crippen MR) is 137 cm³/mol. The van der Waals surface area contributed by atoms with Crippen molar-refractivity contribution in [2.75, 3.05) is 26.3 Å². The summed E-state index contributed by atoms with van der Waals surface area (Å²) >= 11 is 1.68. The first-order valence-corrected chi connectivity index (χ1v) is 14.2. The number of unbranched alkanes of at least 4 members (excludes halogenated alkanes) is 1. The van der Waals surface area contributed by atoms with Crippen LogP contribution in [0.1, 0.15) is 64.2 Å². The third-order valence-corrected chi connectivity index (χ3v) is 10.3. The Hall–Kier alpha value is -1.80. The highest BCUT2D eigenvalue weighted by Crippen LogP contribution is 2.66. The van der Waals surface area contributed by atoms with Crippen LogP contribution in [0.25, 0.3) is 0 Å². The Kier molecular flexibility index (Phi) is 8.63. The lowest BCUT2D eigenvalue weighted by Crippen LogP contribution is -2.57. The molecular formula is C27H40N2O5S. The monoisotopic (exact) mass is 504 g/mol. The van der Waals surface area contributed by atoms with Crippen LogP contribution >= 0.6 is 11.8 Å². The number of thioether (sulfide) groups is 1. The Morgan fingerprint density at radius 3 is 2.63 bits per heavy atom. The second-order valence-electron chi connectivity index (χ2n) is 10.3. The van der Waals surface area contributed by atoms with Crippen molar-refractivity contribution in [3.63, 3.8) is 0 Å². The molecule has 1 saturated carbocycles. The van der Waals surface area contributed by atoms with Gasteiger partial charge in [-0.1, -0.05) is 31.4 Å². The van der Waals surface area contributed by atoms with E-state index in [2.05, 4.69) is 13.2 Å². The van der Waals surface area contributed by atoms with E-state index in [0.29, 0.717) is 32.4 Å². The fourth-order valence-electron chi connectivity index (χ4n) is 6.78. The number of amides is 2. The molecule has 5 atom stereocenters. The molecule has 2 unspecified atom stereocenters. The minimum atomic E-state index is -0.589. The van der Waals surface area contributed by atoms with E-state index in [1.54, 1.807) is 28.8 Å². The maximum absolute atomic E-state index is 14.3. The van der Waals surface area contributed by atoms with Gasteiger partial charge in [0.1, 0.15) is 6.04 Å². The Balaban J connectivity index is 1.65. The van der Waals surface area contributed by atoms with Gasteiger partial charge in [-0.25, -0.2) is 0 Å². The molecule has 4 fully saturated rings. The van der Waals surface area contributed by atoms with Gasteiger partial charge in [0.05, 0.1) is 23.2 Å². The second-order valence-corrected chi connectivity index (χ2v) is 11.9. The van der Waals surface area contributed by atoms with E-state index in [-0.39, 0.29) is 42.3 Å². The highest BCUT2D eigenvalue weighted by molar-refractivity contribution is 8.02. The minimum absolute atomic E-state index is 0.00507. The van der Waals surface area contributed by atoms with Gasteiger partial charge < -0.3 is 19.6 Å². The van der Waals surface area contributed by atoms with Crippen molar-refractivity contribution in [3.05, 3.63) is 25.3 Å². The van der Waals surface area contributed by atoms with Crippen molar-refractivity contribution in [3.8, 4) is 0 Å². The summed E-state index contributed by atoms with van der Waals surface area (Å²) < 4.78 is 4.96. The quantitative estimate of drug-likeness (QED) is 0.249. The number of fused-ring (bicyclic) bond motifs is 1. The van der Waals surface area contributed by atoms with Crippen LogP contribution in [0.15, 0.2) is 25.3 Å². The summed E-state index contributed by atoms with van der Waals surface area (Å²) in [7, 11) is 0. The Labute approximate surface area is 213 Å². The number of ether oxygens (including phenoxy) is 1. The molecule has 0 aromatic rings. The van der Waals surface area contributed by atoms with Gasteiger partial charge in [-0.15, -0.1) is 24.9 Å². The van der Waals surface area contributed by atoms with Crippen molar-refractivity contribution < 1.29 is 24.2 Å². The van der Waals surface area contributed by atoms with E-state index in [0.717, 1.165) is 38.5 Å². The summed E-state index contributed by atoms with van der Waals surface area (Å²) in [5.41, 5.74) is 0. The summed E-state index contributed by atoms with van der Waals surface area (Å²) in [4.78, 5) is 45.1. The molecule has 4 rings (SSSR count). The molecule has 2 amide bonds. The smallest absolute Gasteiger partial charge is 0.310 e. The van der Waals surface area contributed by atoms with E-state index in [4.69, 9.17) is 4.74 Å². The highest BCUT2D eigenvalue weighted by Gasteiger charge is 2.74. The minimum Gasteiger partial charge on any atom is -0.465 e. The van der Waals surface area contributed by atoms with Crippen molar-refractivity contribution >= 4 is 29.5 Å². The van der Waals surface area contributed by atoms with E-state index >= 15 is 0 Å². The van der Waals surface area contributed by atoms with Crippen LogP contribution < -0.4 is 0 Å². The lowest BCUT2D eigenvalue weighted by molar-refractivity contribution is -0.154. The largest absolute Gasteiger partial charge is 0.465 e. The number of rotatable bonds is 12. The standard InChI is InChI=1S/C27H40N2O5S/c1-3-5-18-34-26(33)21-20-13-14-27(35-20)22(21)24(31)29(16-9-10-17-30)23(27)25(32)28(15-4-2)19-11-7-6-8-12-19/h3-4,19-23,30H,1-2,5-18H2/t20-,21+,22-,23?,27?/m0/s1. The van der Waals surface area contributed by atoms with Crippen LogP contribution in [-0.4, -0.2) is 81.1 Å². The molecule has 0 aromatic carbocycles. The molecule has 2 bridgehead atoms. The summed E-state index contributed by atoms with van der Waals surface area (Å²) in [5, 5.41) is 9.34. The number of aliphatic hydroxyl groups is 1. The average Bonchev–Trinajstić information content (AvgIpc) is 3.50. The van der Waals surface area contributed by atoms with Gasteiger partial charge in [-0.3, -0.25) is 14.4 Å². The first kappa shape index (κ1) is 26.3. The highest BCUT2D eigenvalue weighted by atomic mass is 32.2. The number of nitrogens with zero attached hydrogens (tertiary/aromatic N) is 2. The van der Waals surface area contributed by atoms with Crippen LogP contribution in [0, 0.1) is 11.8 Å². The van der Waals surface area contributed by atoms with Crippen LogP contribution in [0.2, 0.25) is 0 Å².